The van der Waals surface area contributed by atoms with Crippen molar-refractivity contribution in [2.45, 2.75) is 31.4 Å². The second-order valence-electron chi connectivity index (χ2n) is 2.24. The van der Waals surface area contributed by atoms with E-state index in [0.717, 1.165) is 0 Å². The predicted molar refractivity (Wildman–Crippen MR) is 35.3 cm³/mol. The topological polar surface area (TPSA) is 0 Å². The standard InChI is InChI=1S/C7H11F4/c1-2-5(9)7(11)6(10)3-4-8/h5-7H,1-4H2/t5?,6?,7-/m0/s1. The van der Waals surface area contributed by atoms with Crippen molar-refractivity contribution < 1.29 is 17.6 Å². The van der Waals surface area contributed by atoms with E-state index in [4.69, 9.17) is 0 Å². The van der Waals surface area contributed by atoms with E-state index in [1.165, 1.54) is 0 Å². The highest BCUT2D eigenvalue weighted by atomic mass is 19.2. The first kappa shape index (κ1) is 10.7. The Bertz CT molecular complexity index is 96.4. The minimum Gasteiger partial charge on any atom is -0.251 e. The molecule has 0 N–H and O–H groups in total. The fourth-order valence-electron chi connectivity index (χ4n) is 0.649. The fourth-order valence-corrected chi connectivity index (χ4v) is 0.649. The van der Waals surface area contributed by atoms with Crippen LogP contribution in [0.1, 0.15) is 12.8 Å². The van der Waals surface area contributed by atoms with E-state index < -0.39 is 31.6 Å². The van der Waals surface area contributed by atoms with Crippen molar-refractivity contribution in [3.8, 4) is 0 Å². The Labute approximate surface area is 63.6 Å². The van der Waals surface area contributed by atoms with E-state index >= 15 is 0 Å². The Balaban J connectivity index is 3.70. The smallest absolute Gasteiger partial charge is 0.162 e. The van der Waals surface area contributed by atoms with Crippen LogP contribution in [0, 0.1) is 6.92 Å². The van der Waals surface area contributed by atoms with Crippen LogP contribution in [0.25, 0.3) is 0 Å². The molecule has 0 amide bonds. The van der Waals surface area contributed by atoms with Gasteiger partial charge in [-0.2, -0.15) is 0 Å². The minimum atomic E-state index is -2.23. The molecule has 0 aliphatic heterocycles. The zero-order valence-electron chi connectivity index (χ0n) is 6.07. The molecule has 2 unspecified atom stereocenters. The van der Waals surface area contributed by atoms with Gasteiger partial charge >= 0.3 is 0 Å². The molecule has 0 spiro atoms. The number of alkyl halides is 4. The van der Waals surface area contributed by atoms with Crippen LogP contribution in [0.3, 0.4) is 0 Å². The third-order valence-corrected chi connectivity index (χ3v) is 1.35. The molecule has 0 aliphatic carbocycles. The third kappa shape index (κ3) is 3.58. The van der Waals surface area contributed by atoms with E-state index in [2.05, 4.69) is 6.92 Å². The predicted octanol–water partition coefficient (Wildman–Crippen LogP) is 2.58. The van der Waals surface area contributed by atoms with Crippen LogP contribution in [0.5, 0.6) is 0 Å². The lowest BCUT2D eigenvalue weighted by Gasteiger charge is -2.14. The van der Waals surface area contributed by atoms with Gasteiger partial charge in [-0.25, -0.2) is 13.2 Å². The van der Waals surface area contributed by atoms with Gasteiger partial charge in [0.05, 0.1) is 6.67 Å². The number of hydrogen-bond acceptors (Lipinski definition) is 0. The third-order valence-electron chi connectivity index (χ3n) is 1.35. The maximum Gasteiger partial charge on any atom is 0.162 e. The van der Waals surface area contributed by atoms with E-state index in [9.17, 15) is 17.6 Å². The van der Waals surface area contributed by atoms with Crippen LogP contribution < -0.4 is 0 Å². The molecule has 0 saturated heterocycles. The molecule has 0 nitrogen and oxygen atoms in total. The Morgan fingerprint density at radius 2 is 1.64 bits per heavy atom. The normalized spacial score (nSPS) is 19.4. The highest BCUT2D eigenvalue weighted by Gasteiger charge is 2.27. The van der Waals surface area contributed by atoms with Crippen LogP contribution >= 0.6 is 0 Å². The molecular weight excluding hydrogens is 160 g/mol. The summed E-state index contributed by atoms with van der Waals surface area (Å²) >= 11 is 0. The van der Waals surface area contributed by atoms with Crippen molar-refractivity contribution in [3.05, 3.63) is 6.92 Å². The first-order valence-electron chi connectivity index (χ1n) is 3.41. The molecule has 0 saturated carbocycles. The molecule has 0 aliphatic rings. The average Bonchev–Trinajstić information content (AvgIpc) is 2.02. The summed E-state index contributed by atoms with van der Waals surface area (Å²) in [4.78, 5) is 0. The van der Waals surface area contributed by atoms with Gasteiger partial charge in [-0.1, -0.05) is 6.92 Å². The molecule has 0 heterocycles. The zero-order chi connectivity index (χ0) is 8.85. The number of hydrogen-bond donors (Lipinski definition) is 0. The van der Waals surface area contributed by atoms with Gasteiger partial charge in [-0.15, -0.1) is 0 Å². The molecule has 0 aromatic heterocycles. The van der Waals surface area contributed by atoms with Gasteiger partial charge in [0.15, 0.2) is 6.17 Å². The van der Waals surface area contributed by atoms with Gasteiger partial charge in [-0.3, -0.25) is 4.39 Å². The summed E-state index contributed by atoms with van der Waals surface area (Å²) in [6, 6.07) is 0. The maximum atomic E-state index is 12.4. The molecular formula is C7H11F4. The van der Waals surface area contributed by atoms with Crippen molar-refractivity contribution in [2.24, 2.45) is 0 Å². The second-order valence-corrected chi connectivity index (χ2v) is 2.24. The Hall–Kier alpha value is -0.280. The molecule has 0 rings (SSSR count). The lowest BCUT2D eigenvalue weighted by molar-refractivity contribution is 0.0744. The quantitative estimate of drug-likeness (QED) is 0.558. The Morgan fingerprint density at radius 1 is 1.09 bits per heavy atom. The summed E-state index contributed by atoms with van der Waals surface area (Å²) in [5.74, 6) is 0. The van der Waals surface area contributed by atoms with Gasteiger partial charge in [0.2, 0.25) is 0 Å². The molecule has 67 valence electrons. The molecule has 0 aromatic carbocycles. The first-order valence-corrected chi connectivity index (χ1v) is 3.41. The molecule has 1 radical (unpaired) electrons. The summed E-state index contributed by atoms with van der Waals surface area (Å²) in [7, 11) is 0. The molecule has 0 fully saturated rings. The summed E-state index contributed by atoms with van der Waals surface area (Å²) < 4.78 is 48.5. The SMILES string of the molecule is [CH2]CC(F)[C@H](F)C(F)CCF. The lowest BCUT2D eigenvalue weighted by atomic mass is 10.1. The van der Waals surface area contributed by atoms with Crippen molar-refractivity contribution in [3.63, 3.8) is 0 Å². The van der Waals surface area contributed by atoms with Crippen molar-refractivity contribution >= 4 is 0 Å². The first-order chi connectivity index (χ1) is 5.13. The lowest BCUT2D eigenvalue weighted by Crippen LogP contribution is -2.27. The van der Waals surface area contributed by atoms with E-state index in [0.29, 0.717) is 0 Å². The van der Waals surface area contributed by atoms with Crippen LogP contribution in [-0.2, 0) is 0 Å². The van der Waals surface area contributed by atoms with E-state index in [1.54, 1.807) is 0 Å². The van der Waals surface area contributed by atoms with Crippen molar-refractivity contribution in [1.82, 2.24) is 0 Å². The Morgan fingerprint density at radius 3 is 2.00 bits per heavy atom. The van der Waals surface area contributed by atoms with E-state index in [1.807, 2.05) is 0 Å². The summed E-state index contributed by atoms with van der Waals surface area (Å²) in [5, 5.41) is 0. The van der Waals surface area contributed by atoms with E-state index in [-0.39, 0.29) is 6.42 Å². The van der Waals surface area contributed by atoms with Gasteiger partial charge < -0.3 is 0 Å². The summed E-state index contributed by atoms with van der Waals surface area (Å²) in [5.41, 5.74) is 0. The largest absolute Gasteiger partial charge is 0.251 e. The molecule has 0 bridgehead atoms. The highest BCUT2D eigenvalue weighted by molar-refractivity contribution is 4.76. The zero-order valence-corrected chi connectivity index (χ0v) is 6.07. The monoisotopic (exact) mass is 171 g/mol. The van der Waals surface area contributed by atoms with Gasteiger partial charge in [0.1, 0.15) is 12.3 Å². The highest BCUT2D eigenvalue weighted by Crippen LogP contribution is 2.16. The van der Waals surface area contributed by atoms with Crippen LogP contribution in [-0.4, -0.2) is 25.2 Å². The summed E-state index contributed by atoms with van der Waals surface area (Å²) in [6.45, 7) is 2.11. The van der Waals surface area contributed by atoms with Gasteiger partial charge in [0, 0.05) is 6.42 Å². The molecule has 4 heteroatoms. The second kappa shape index (κ2) is 5.38. The van der Waals surface area contributed by atoms with Crippen molar-refractivity contribution in [2.75, 3.05) is 6.67 Å². The average molecular weight is 171 g/mol. The number of halogens is 4. The fraction of sp³-hybridized carbons (Fsp3) is 0.857. The number of rotatable bonds is 5. The van der Waals surface area contributed by atoms with Gasteiger partial charge in [-0.05, 0) is 6.42 Å². The van der Waals surface area contributed by atoms with Crippen LogP contribution in [0.4, 0.5) is 17.6 Å². The minimum absolute atomic E-state index is 0.326. The van der Waals surface area contributed by atoms with Crippen LogP contribution in [0.15, 0.2) is 0 Å². The van der Waals surface area contributed by atoms with Gasteiger partial charge in [0.25, 0.3) is 0 Å². The maximum absolute atomic E-state index is 12.4. The Kier molecular flexibility index (Phi) is 5.24. The molecule has 3 atom stereocenters. The van der Waals surface area contributed by atoms with Crippen molar-refractivity contribution in [1.29, 1.82) is 0 Å². The molecule has 11 heavy (non-hydrogen) atoms. The van der Waals surface area contributed by atoms with Crippen LogP contribution in [0.2, 0.25) is 0 Å². The summed E-state index contributed by atoms with van der Waals surface area (Å²) in [6.07, 6.45) is -7.10. The molecule has 0 aromatic rings.